The third kappa shape index (κ3) is 5.36. The molecule has 28 heavy (non-hydrogen) atoms. The van der Waals surface area contributed by atoms with E-state index in [1.807, 2.05) is 0 Å². The predicted octanol–water partition coefficient (Wildman–Crippen LogP) is 4.90. The topological polar surface area (TPSA) is 58.2 Å². The SMILES string of the molecule is O=C(/C=C/c1ccc(C(=O)NC2CC2)cc1)Nc1ccc(Cl)c(C(F)(F)F)c1. The van der Waals surface area contributed by atoms with Gasteiger partial charge in [-0.15, -0.1) is 0 Å². The molecular formula is C20H16ClF3N2O2. The van der Waals surface area contributed by atoms with Crippen molar-refractivity contribution in [3.63, 3.8) is 0 Å². The average molecular weight is 409 g/mol. The first-order chi connectivity index (χ1) is 13.2. The standard InChI is InChI=1S/C20H16ClF3N2O2/c21-17-9-8-15(11-16(17)20(22,23)24)25-18(27)10-3-12-1-4-13(5-2-12)19(28)26-14-6-7-14/h1-5,8-11,14H,6-7H2,(H,25,27)(H,26,28)/b10-3+. The van der Waals surface area contributed by atoms with E-state index >= 15 is 0 Å². The van der Waals surface area contributed by atoms with Crippen LogP contribution in [-0.4, -0.2) is 17.9 Å². The molecule has 0 atom stereocenters. The summed E-state index contributed by atoms with van der Waals surface area (Å²) in [5, 5.41) is 4.80. The zero-order valence-electron chi connectivity index (χ0n) is 14.5. The van der Waals surface area contributed by atoms with Crippen molar-refractivity contribution in [2.75, 3.05) is 5.32 Å². The second kappa shape index (κ2) is 8.06. The Labute approximate surface area is 164 Å². The molecule has 1 fully saturated rings. The maximum atomic E-state index is 12.9. The highest BCUT2D eigenvalue weighted by Gasteiger charge is 2.33. The summed E-state index contributed by atoms with van der Waals surface area (Å²) in [6.45, 7) is 0. The van der Waals surface area contributed by atoms with Gasteiger partial charge in [-0.2, -0.15) is 13.2 Å². The van der Waals surface area contributed by atoms with Crippen LogP contribution in [0.4, 0.5) is 18.9 Å². The van der Waals surface area contributed by atoms with E-state index in [0.717, 1.165) is 25.0 Å². The molecule has 4 nitrogen and oxygen atoms in total. The summed E-state index contributed by atoms with van der Waals surface area (Å²) in [6, 6.07) is 10.0. The molecule has 0 radical (unpaired) electrons. The molecule has 0 spiro atoms. The van der Waals surface area contributed by atoms with E-state index in [9.17, 15) is 22.8 Å². The predicted molar refractivity (Wildman–Crippen MR) is 101 cm³/mol. The summed E-state index contributed by atoms with van der Waals surface area (Å²) in [5.74, 6) is -0.732. The molecule has 146 valence electrons. The van der Waals surface area contributed by atoms with Crippen molar-refractivity contribution >= 4 is 35.2 Å². The zero-order valence-corrected chi connectivity index (χ0v) is 15.3. The summed E-state index contributed by atoms with van der Waals surface area (Å²) < 4.78 is 38.6. The van der Waals surface area contributed by atoms with Crippen molar-refractivity contribution in [1.29, 1.82) is 0 Å². The number of amides is 2. The van der Waals surface area contributed by atoms with Gasteiger partial charge in [0, 0.05) is 23.4 Å². The Morgan fingerprint density at radius 3 is 2.36 bits per heavy atom. The van der Waals surface area contributed by atoms with Gasteiger partial charge in [-0.25, -0.2) is 0 Å². The van der Waals surface area contributed by atoms with Gasteiger partial charge in [0.15, 0.2) is 0 Å². The molecular weight excluding hydrogens is 393 g/mol. The van der Waals surface area contributed by atoms with Gasteiger partial charge in [-0.1, -0.05) is 23.7 Å². The molecule has 2 N–H and O–H groups in total. The summed E-state index contributed by atoms with van der Waals surface area (Å²) in [5.41, 5.74) is 0.161. The molecule has 0 bridgehead atoms. The van der Waals surface area contributed by atoms with E-state index in [-0.39, 0.29) is 17.6 Å². The van der Waals surface area contributed by atoms with E-state index in [1.165, 1.54) is 18.2 Å². The minimum Gasteiger partial charge on any atom is -0.349 e. The van der Waals surface area contributed by atoms with Crippen LogP contribution >= 0.6 is 11.6 Å². The fraction of sp³-hybridized carbons (Fsp3) is 0.200. The lowest BCUT2D eigenvalue weighted by Crippen LogP contribution is -2.25. The first-order valence-corrected chi connectivity index (χ1v) is 8.87. The van der Waals surface area contributed by atoms with Gasteiger partial charge in [0.25, 0.3) is 5.91 Å². The van der Waals surface area contributed by atoms with Crippen molar-refractivity contribution in [3.8, 4) is 0 Å². The van der Waals surface area contributed by atoms with Crippen molar-refractivity contribution in [3.05, 3.63) is 70.3 Å². The molecule has 0 saturated heterocycles. The first-order valence-electron chi connectivity index (χ1n) is 8.49. The Hall–Kier alpha value is -2.80. The number of rotatable bonds is 5. The van der Waals surface area contributed by atoms with Gasteiger partial charge in [0.1, 0.15) is 0 Å². The van der Waals surface area contributed by atoms with Crippen LogP contribution in [0, 0.1) is 0 Å². The smallest absolute Gasteiger partial charge is 0.349 e. The second-order valence-corrected chi connectivity index (χ2v) is 6.79. The molecule has 0 heterocycles. The molecule has 0 aliphatic heterocycles. The molecule has 1 aliphatic carbocycles. The van der Waals surface area contributed by atoms with Gasteiger partial charge in [-0.05, 0) is 54.8 Å². The third-order valence-electron chi connectivity index (χ3n) is 4.05. The maximum absolute atomic E-state index is 12.9. The first kappa shape index (κ1) is 19.9. The molecule has 0 unspecified atom stereocenters. The van der Waals surface area contributed by atoms with E-state index in [0.29, 0.717) is 11.1 Å². The van der Waals surface area contributed by atoms with Crippen molar-refractivity contribution in [2.24, 2.45) is 0 Å². The minimum absolute atomic E-state index is 0.0153. The van der Waals surface area contributed by atoms with Crippen LogP contribution in [0.3, 0.4) is 0 Å². The molecule has 3 rings (SSSR count). The molecule has 2 aromatic carbocycles. The van der Waals surface area contributed by atoms with Crippen LogP contribution in [-0.2, 0) is 11.0 Å². The molecule has 8 heteroatoms. The minimum atomic E-state index is -4.61. The largest absolute Gasteiger partial charge is 0.417 e. The fourth-order valence-corrected chi connectivity index (χ4v) is 2.64. The van der Waals surface area contributed by atoms with Crippen LogP contribution < -0.4 is 10.6 Å². The number of alkyl halides is 3. The third-order valence-corrected chi connectivity index (χ3v) is 4.38. The summed E-state index contributed by atoms with van der Waals surface area (Å²) >= 11 is 5.55. The highest BCUT2D eigenvalue weighted by Crippen LogP contribution is 2.36. The van der Waals surface area contributed by atoms with Gasteiger partial charge in [0.2, 0.25) is 5.91 Å². The van der Waals surface area contributed by atoms with Crippen LogP contribution in [0.2, 0.25) is 5.02 Å². The Bertz CT molecular complexity index is 920. The quantitative estimate of drug-likeness (QED) is 0.691. The van der Waals surface area contributed by atoms with Gasteiger partial charge < -0.3 is 10.6 Å². The van der Waals surface area contributed by atoms with Crippen LogP contribution in [0.15, 0.2) is 48.5 Å². The highest BCUT2D eigenvalue weighted by molar-refractivity contribution is 6.31. The molecule has 1 saturated carbocycles. The molecule has 2 aromatic rings. The number of halogens is 4. The van der Waals surface area contributed by atoms with Crippen LogP contribution in [0.1, 0.15) is 34.3 Å². The highest BCUT2D eigenvalue weighted by atomic mass is 35.5. The number of carbonyl (C=O) groups is 2. The van der Waals surface area contributed by atoms with Crippen LogP contribution in [0.25, 0.3) is 6.08 Å². The summed E-state index contributed by atoms with van der Waals surface area (Å²) in [7, 11) is 0. The van der Waals surface area contributed by atoms with Crippen molar-refractivity contribution in [2.45, 2.75) is 25.1 Å². The summed E-state index contributed by atoms with van der Waals surface area (Å²) in [6.07, 6.45) is 0.0837. The van der Waals surface area contributed by atoms with E-state index < -0.39 is 22.7 Å². The lowest BCUT2D eigenvalue weighted by Gasteiger charge is -2.11. The average Bonchev–Trinajstić information content (AvgIpc) is 3.45. The van der Waals surface area contributed by atoms with E-state index in [1.54, 1.807) is 24.3 Å². The number of hydrogen-bond donors (Lipinski definition) is 2. The van der Waals surface area contributed by atoms with Gasteiger partial charge in [-0.3, -0.25) is 9.59 Å². The van der Waals surface area contributed by atoms with Crippen LogP contribution in [0.5, 0.6) is 0 Å². The summed E-state index contributed by atoms with van der Waals surface area (Å²) in [4.78, 5) is 23.9. The van der Waals surface area contributed by atoms with Gasteiger partial charge in [0.05, 0.1) is 10.6 Å². The number of nitrogens with one attached hydrogen (secondary N) is 2. The molecule has 2 amide bonds. The van der Waals surface area contributed by atoms with Crippen molar-refractivity contribution < 1.29 is 22.8 Å². The number of anilines is 1. The number of hydrogen-bond acceptors (Lipinski definition) is 2. The van der Waals surface area contributed by atoms with Crippen molar-refractivity contribution in [1.82, 2.24) is 5.32 Å². The Morgan fingerprint density at radius 2 is 1.75 bits per heavy atom. The number of carbonyl (C=O) groups excluding carboxylic acids is 2. The number of benzene rings is 2. The Kier molecular flexibility index (Phi) is 5.74. The Morgan fingerprint density at radius 1 is 1.07 bits per heavy atom. The van der Waals surface area contributed by atoms with E-state index in [4.69, 9.17) is 11.6 Å². The normalized spacial score (nSPS) is 14.1. The lowest BCUT2D eigenvalue weighted by atomic mass is 10.1. The second-order valence-electron chi connectivity index (χ2n) is 6.38. The fourth-order valence-electron chi connectivity index (χ4n) is 2.42. The lowest BCUT2D eigenvalue weighted by molar-refractivity contribution is -0.137. The maximum Gasteiger partial charge on any atom is 0.417 e. The molecule has 0 aromatic heterocycles. The van der Waals surface area contributed by atoms with Gasteiger partial charge >= 0.3 is 6.18 Å². The zero-order chi connectivity index (χ0) is 20.3. The van der Waals surface area contributed by atoms with E-state index in [2.05, 4.69) is 10.6 Å². The monoisotopic (exact) mass is 408 g/mol. The Balaban J connectivity index is 1.61. The molecule has 1 aliphatic rings.